The van der Waals surface area contributed by atoms with Gasteiger partial charge in [0.1, 0.15) is 0 Å². The minimum absolute atomic E-state index is 0.0256. The van der Waals surface area contributed by atoms with Crippen molar-refractivity contribution in [3.05, 3.63) is 23.8 Å². The van der Waals surface area contributed by atoms with Crippen LogP contribution in [0.25, 0.3) is 0 Å². The third-order valence-electron chi connectivity index (χ3n) is 4.16. The predicted octanol–water partition coefficient (Wildman–Crippen LogP) is 2.99. The lowest BCUT2D eigenvalue weighted by Gasteiger charge is -2.30. The molecular formula is C16H20N2O2S. The highest BCUT2D eigenvalue weighted by Crippen LogP contribution is 2.32. The Kier molecular flexibility index (Phi) is 4.19. The monoisotopic (exact) mass is 304 g/mol. The Balaban J connectivity index is 1.79. The van der Waals surface area contributed by atoms with E-state index in [0.717, 1.165) is 42.3 Å². The Bertz CT molecular complexity index is 565. The summed E-state index contributed by atoms with van der Waals surface area (Å²) < 4.78 is 0. The first-order valence-corrected chi connectivity index (χ1v) is 8.48. The average molecular weight is 304 g/mol. The summed E-state index contributed by atoms with van der Waals surface area (Å²) in [6.45, 7) is 3.90. The topological polar surface area (TPSA) is 49.4 Å². The van der Waals surface area contributed by atoms with Crippen LogP contribution in [-0.2, 0) is 4.79 Å². The molecule has 5 heteroatoms. The second-order valence-electron chi connectivity index (χ2n) is 5.83. The van der Waals surface area contributed by atoms with Gasteiger partial charge in [-0.2, -0.15) is 0 Å². The van der Waals surface area contributed by atoms with E-state index in [2.05, 4.69) is 12.2 Å². The summed E-state index contributed by atoms with van der Waals surface area (Å²) in [6.07, 6.45) is 2.67. The summed E-state index contributed by atoms with van der Waals surface area (Å²) in [7, 11) is 0. The van der Waals surface area contributed by atoms with Crippen LogP contribution >= 0.6 is 11.8 Å². The van der Waals surface area contributed by atoms with Gasteiger partial charge in [-0.15, -0.1) is 11.8 Å². The number of thioether (sulfide) groups is 1. The second-order valence-corrected chi connectivity index (χ2v) is 6.97. The molecule has 2 heterocycles. The van der Waals surface area contributed by atoms with Crippen molar-refractivity contribution < 1.29 is 9.59 Å². The van der Waals surface area contributed by atoms with Crippen LogP contribution in [0.1, 0.15) is 36.5 Å². The molecule has 1 aromatic carbocycles. The van der Waals surface area contributed by atoms with Crippen molar-refractivity contribution in [2.45, 2.75) is 31.1 Å². The Morgan fingerprint density at radius 2 is 2.10 bits per heavy atom. The van der Waals surface area contributed by atoms with E-state index in [0.29, 0.717) is 17.9 Å². The van der Waals surface area contributed by atoms with Gasteiger partial charge in [-0.05, 0) is 37.0 Å². The van der Waals surface area contributed by atoms with Crippen molar-refractivity contribution in [2.24, 2.45) is 5.92 Å². The molecule has 0 bridgehead atoms. The molecule has 4 nitrogen and oxygen atoms in total. The van der Waals surface area contributed by atoms with Crippen molar-refractivity contribution in [1.29, 1.82) is 0 Å². The molecule has 1 aromatic rings. The number of nitrogens with zero attached hydrogens (tertiary/aromatic N) is 1. The summed E-state index contributed by atoms with van der Waals surface area (Å²) in [6, 6.07) is 5.65. The van der Waals surface area contributed by atoms with Gasteiger partial charge in [-0.1, -0.05) is 6.92 Å². The average Bonchev–Trinajstić information content (AvgIpc) is 2.67. The number of carbonyl (C=O) groups excluding carboxylic acids is 2. The first kappa shape index (κ1) is 14.4. The molecule has 1 saturated heterocycles. The quantitative estimate of drug-likeness (QED) is 0.867. The largest absolute Gasteiger partial charge is 0.339 e. The SMILES string of the molecule is CC1CCN(C(=O)c2ccc3c(c2)NC(=O)CCS3)CC1. The van der Waals surface area contributed by atoms with Crippen LogP contribution in [0.15, 0.2) is 23.1 Å². The zero-order valence-electron chi connectivity index (χ0n) is 12.2. The van der Waals surface area contributed by atoms with Crippen molar-refractivity contribution in [1.82, 2.24) is 4.90 Å². The van der Waals surface area contributed by atoms with Crippen LogP contribution in [0.5, 0.6) is 0 Å². The number of amides is 2. The van der Waals surface area contributed by atoms with Gasteiger partial charge in [0.2, 0.25) is 5.91 Å². The van der Waals surface area contributed by atoms with E-state index in [-0.39, 0.29) is 11.8 Å². The molecule has 2 amide bonds. The minimum Gasteiger partial charge on any atom is -0.339 e. The van der Waals surface area contributed by atoms with E-state index in [1.165, 1.54) is 0 Å². The molecule has 0 radical (unpaired) electrons. The smallest absolute Gasteiger partial charge is 0.253 e. The molecule has 2 aliphatic heterocycles. The van der Waals surface area contributed by atoms with Crippen molar-refractivity contribution in [3.8, 4) is 0 Å². The molecule has 0 spiro atoms. The summed E-state index contributed by atoms with van der Waals surface area (Å²) in [5.74, 6) is 1.60. The first-order valence-electron chi connectivity index (χ1n) is 7.49. The molecule has 0 atom stereocenters. The van der Waals surface area contributed by atoms with Gasteiger partial charge in [0, 0.05) is 35.7 Å². The summed E-state index contributed by atoms with van der Waals surface area (Å²) in [4.78, 5) is 27.2. The highest BCUT2D eigenvalue weighted by atomic mass is 32.2. The third kappa shape index (κ3) is 3.23. The maximum atomic E-state index is 12.6. The first-order chi connectivity index (χ1) is 10.1. The standard InChI is InChI=1S/C16H20N2O2S/c1-11-4-7-18(8-5-11)16(20)12-2-3-14-13(10-12)17-15(19)6-9-21-14/h2-3,10-11H,4-9H2,1H3,(H,17,19). The lowest BCUT2D eigenvalue weighted by molar-refractivity contribution is -0.115. The minimum atomic E-state index is 0.0256. The van der Waals surface area contributed by atoms with Crippen LogP contribution in [0, 0.1) is 5.92 Å². The van der Waals surface area contributed by atoms with Crippen molar-refractivity contribution in [2.75, 3.05) is 24.2 Å². The fourth-order valence-electron chi connectivity index (χ4n) is 2.75. The Morgan fingerprint density at radius 1 is 1.33 bits per heavy atom. The Hall–Kier alpha value is -1.49. The molecule has 1 fully saturated rings. The van der Waals surface area contributed by atoms with Crippen LogP contribution in [-0.4, -0.2) is 35.6 Å². The molecule has 0 aromatic heterocycles. The van der Waals surface area contributed by atoms with E-state index >= 15 is 0 Å². The lowest BCUT2D eigenvalue weighted by atomic mass is 9.98. The van der Waals surface area contributed by atoms with Crippen LogP contribution in [0.4, 0.5) is 5.69 Å². The normalized spacial score (nSPS) is 19.7. The van der Waals surface area contributed by atoms with E-state index in [4.69, 9.17) is 0 Å². The molecule has 1 N–H and O–H groups in total. The van der Waals surface area contributed by atoms with Gasteiger partial charge in [-0.25, -0.2) is 0 Å². The number of carbonyl (C=O) groups is 2. The number of benzene rings is 1. The zero-order chi connectivity index (χ0) is 14.8. The number of rotatable bonds is 1. The molecule has 0 aliphatic carbocycles. The summed E-state index contributed by atoms with van der Waals surface area (Å²) >= 11 is 1.66. The van der Waals surface area contributed by atoms with Crippen molar-refractivity contribution in [3.63, 3.8) is 0 Å². The second kappa shape index (κ2) is 6.10. The highest BCUT2D eigenvalue weighted by Gasteiger charge is 2.22. The summed E-state index contributed by atoms with van der Waals surface area (Å²) in [5.41, 5.74) is 1.45. The number of hydrogen-bond acceptors (Lipinski definition) is 3. The molecule has 2 aliphatic rings. The Morgan fingerprint density at radius 3 is 2.86 bits per heavy atom. The third-order valence-corrected chi connectivity index (χ3v) is 5.23. The van der Waals surface area contributed by atoms with Crippen LogP contribution in [0.2, 0.25) is 0 Å². The van der Waals surface area contributed by atoms with E-state index in [9.17, 15) is 9.59 Å². The van der Waals surface area contributed by atoms with Crippen LogP contribution < -0.4 is 5.32 Å². The summed E-state index contributed by atoms with van der Waals surface area (Å²) in [5, 5.41) is 2.90. The maximum Gasteiger partial charge on any atom is 0.253 e. The predicted molar refractivity (Wildman–Crippen MR) is 84.7 cm³/mol. The fraction of sp³-hybridized carbons (Fsp3) is 0.500. The molecule has 3 rings (SSSR count). The van der Waals surface area contributed by atoms with Gasteiger partial charge in [-0.3, -0.25) is 9.59 Å². The van der Waals surface area contributed by atoms with E-state index < -0.39 is 0 Å². The lowest BCUT2D eigenvalue weighted by Crippen LogP contribution is -2.37. The van der Waals surface area contributed by atoms with Crippen LogP contribution in [0.3, 0.4) is 0 Å². The van der Waals surface area contributed by atoms with Gasteiger partial charge in [0.25, 0.3) is 5.91 Å². The Labute approximate surface area is 129 Å². The number of anilines is 1. The van der Waals surface area contributed by atoms with Gasteiger partial charge in [0.05, 0.1) is 5.69 Å². The van der Waals surface area contributed by atoms with Crippen molar-refractivity contribution >= 4 is 29.3 Å². The zero-order valence-corrected chi connectivity index (χ0v) is 13.0. The number of nitrogens with one attached hydrogen (secondary N) is 1. The molecule has 21 heavy (non-hydrogen) atoms. The van der Waals surface area contributed by atoms with Gasteiger partial charge < -0.3 is 10.2 Å². The maximum absolute atomic E-state index is 12.6. The number of piperidine rings is 1. The number of likely N-dealkylation sites (tertiary alicyclic amines) is 1. The number of hydrogen-bond donors (Lipinski definition) is 1. The molecule has 0 saturated carbocycles. The van der Waals surface area contributed by atoms with E-state index in [1.54, 1.807) is 11.8 Å². The van der Waals surface area contributed by atoms with Gasteiger partial charge >= 0.3 is 0 Å². The fourth-order valence-corrected chi connectivity index (χ4v) is 3.68. The molecule has 112 valence electrons. The molecule has 0 unspecified atom stereocenters. The molecular weight excluding hydrogens is 284 g/mol. The van der Waals surface area contributed by atoms with Gasteiger partial charge in [0.15, 0.2) is 0 Å². The number of fused-ring (bicyclic) bond motifs is 1. The highest BCUT2D eigenvalue weighted by molar-refractivity contribution is 7.99. The van der Waals surface area contributed by atoms with E-state index in [1.807, 2.05) is 23.1 Å².